The molecule has 5 heteroatoms. The number of halogens is 3. The van der Waals surface area contributed by atoms with Gasteiger partial charge in [-0.1, -0.05) is 58.8 Å². The molecule has 1 rings (SSSR count). The van der Waals surface area contributed by atoms with Crippen molar-refractivity contribution in [1.82, 2.24) is 9.78 Å². The number of alkyl halides is 3. The first-order chi connectivity index (χ1) is 10.8. The van der Waals surface area contributed by atoms with E-state index in [1.165, 1.54) is 26.2 Å². The molecular formula is C18H31F3N2. The molecule has 0 bridgehead atoms. The van der Waals surface area contributed by atoms with Crippen LogP contribution in [0.2, 0.25) is 0 Å². The van der Waals surface area contributed by atoms with E-state index in [1.54, 1.807) is 4.68 Å². The molecule has 0 saturated carbocycles. The number of hydrogen-bond donors (Lipinski definition) is 0. The predicted molar refractivity (Wildman–Crippen MR) is 88.5 cm³/mol. The summed E-state index contributed by atoms with van der Waals surface area (Å²) in [6.07, 6.45) is 6.27. The van der Waals surface area contributed by atoms with E-state index >= 15 is 0 Å². The summed E-state index contributed by atoms with van der Waals surface area (Å²) in [5, 5.41) is 4.12. The van der Waals surface area contributed by atoms with Crippen LogP contribution in [0.25, 0.3) is 0 Å². The predicted octanol–water partition coefficient (Wildman–Crippen LogP) is 6.48. The summed E-state index contributed by atoms with van der Waals surface area (Å²) in [7, 11) is 0. The summed E-state index contributed by atoms with van der Waals surface area (Å²) in [6.45, 7) is 7.88. The van der Waals surface area contributed by atoms with Crippen molar-refractivity contribution < 1.29 is 13.2 Å². The van der Waals surface area contributed by atoms with Crippen LogP contribution >= 0.6 is 0 Å². The molecular weight excluding hydrogens is 301 g/mol. The van der Waals surface area contributed by atoms with Gasteiger partial charge in [0.25, 0.3) is 0 Å². The van der Waals surface area contributed by atoms with E-state index in [2.05, 4.69) is 25.9 Å². The van der Waals surface area contributed by atoms with Crippen molar-refractivity contribution in [3.05, 3.63) is 17.5 Å². The molecule has 0 spiro atoms. The monoisotopic (exact) mass is 332 g/mol. The summed E-state index contributed by atoms with van der Waals surface area (Å²) in [5.41, 5.74) is -0.689. The fourth-order valence-electron chi connectivity index (χ4n) is 3.24. The second kappa shape index (κ2) is 8.74. The average molecular weight is 332 g/mol. The molecule has 1 heterocycles. The molecule has 0 N–H and O–H groups in total. The summed E-state index contributed by atoms with van der Waals surface area (Å²) >= 11 is 0. The van der Waals surface area contributed by atoms with Crippen LogP contribution in [0.4, 0.5) is 13.2 Å². The van der Waals surface area contributed by atoms with Gasteiger partial charge in [-0.15, -0.1) is 0 Å². The number of rotatable bonds is 10. The molecule has 0 amide bonds. The molecule has 23 heavy (non-hydrogen) atoms. The third-order valence-electron chi connectivity index (χ3n) is 4.71. The lowest BCUT2D eigenvalue weighted by atomic mass is 9.88. The van der Waals surface area contributed by atoms with E-state index in [1.807, 2.05) is 0 Å². The van der Waals surface area contributed by atoms with Crippen LogP contribution in [0.3, 0.4) is 0 Å². The van der Waals surface area contributed by atoms with Crippen LogP contribution in [0.15, 0.2) is 6.20 Å². The Morgan fingerprint density at radius 2 is 1.52 bits per heavy atom. The minimum atomic E-state index is -4.32. The van der Waals surface area contributed by atoms with Crippen molar-refractivity contribution in [2.75, 3.05) is 0 Å². The van der Waals surface area contributed by atoms with E-state index in [4.69, 9.17) is 0 Å². The largest absolute Gasteiger partial charge is 0.419 e. The molecule has 0 saturated heterocycles. The molecule has 0 fully saturated rings. The van der Waals surface area contributed by atoms with Crippen molar-refractivity contribution >= 4 is 0 Å². The van der Waals surface area contributed by atoms with Crippen LogP contribution in [0.1, 0.15) is 89.8 Å². The zero-order valence-corrected chi connectivity index (χ0v) is 15.0. The first-order valence-corrected chi connectivity index (χ1v) is 8.88. The van der Waals surface area contributed by atoms with E-state index in [0.29, 0.717) is 0 Å². The van der Waals surface area contributed by atoms with Crippen molar-refractivity contribution in [2.45, 2.75) is 97.2 Å². The summed E-state index contributed by atoms with van der Waals surface area (Å²) < 4.78 is 40.8. The molecule has 0 aliphatic rings. The molecule has 2 nitrogen and oxygen atoms in total. The van der Waals surface area contributed by atoms with Gasteiger partial charge in [0, 0.05) is 5.69 Å². The van der Waals surface area contributed by atoms with E-state index in [0.717, 1.165) is 44.7 Å². The maximum atomic E-state index is 13.0. The molecule has 1 unspecified atom stereocenters. The number of nitrogens with zero attached hydrogens (tertiary/aromatic N) is 2. The quantitative estimate of drug-likeness (QED) is 0.449. The summed E-state index contributed by atoms with van der Waals surface area (Å²) in [5.74, 6) is 0. The van der Waals surface area contributed by atoms with Gasteiger partial charge in [0.15, 0.2) is 0 Å². The highest BCUT2D eigenvalue weighted by molar-refractivity contribution is 5.21. The lowest BCUT2D eigenvalue weighted by molar-refractivity contribution is -0.138. The van der Waals surface area contributed by atoms with E-state index in [9.17, 15) is 13.2 Å². The third kappa shape index (κ3) is 5.54. The highest BCUT2D eigenvalue weighted by atomic mass is 19.4. The highest BCUT2D eigenvalue weighted by Crippen LogP contribution is 2.36. The molecule has 0 radical (unpaired) electrons. The van der Waals surface area contributed by atoms with Crippen LogP contribution in [0.5, 0.6) is 0 Å². The minimum absolute atomic E-state index is 0.240. The van der Waals surface area contributed by atoms with Crippen LogP contribution in [0, 0.1) is 6.92 Å². The molecule has 1 aromatic heterocycles. The Balaban J connectivity index is 2.90. The van der Waals surface area contributed by atoms with Gasteiger partial charge >= 0.3 is 6.18 Å². The van der Waals surface area contributed by atoms with Crippen LogP contribution in [-0.2, 0) is 11.7 Å². The first-order valence-electron chi connectivity index (χ1n) is 8.88. The second-order valence-corrected chi connectivity index (χ2v) is 6.82. The summed E-state index contributed by atoms with van der Waals surface area (Å²) in [6, 6.07) is 0. The standard InChI is InChI=1S/C18H31F3N2/c1-5-7-9-10-11-13-17(4,12-8-6-2)23-15(3)16(14-22-23)18(19,20)21/h14H,5-13H2,1-4H3. The second-order valence-electron chi connectivity index (χ2n) is 6.82. The number of unbranched alkanes of at least 4 members (excludes halogenated alkanes) is 5. The lowest BCUT2D eigenvalue weighted by Gasteiger charge is -2.32. The fourth-order valence-corrected chi connectivity index (χ4v) is 3.24. The van der Waals surface area contributed by atoms with Gasteiger partial charge in [-0.3, -0.25) is 4.68 Å². The van der Waals surface area contributed by atoms with Gasteiger partial charge in [0.05, 0.1) is 17.3 Å². The Morgan fingerprint density at radius 3 is 2.04 bits per heavy atom. The smallest absolute Gasteiger partial charge is 0.263 e. The molecule has 134 valence electrons. The third-order valence-corrected chi connectivity index (χ3v) is 4.71. The van der Waals surface area contributed by atoms with Crippen molar-refractivity contribution in [3.63, 3.8) is 0 Å². The van der Waals surface area contributed by atoms with Gasteiger partial charge in [-0.05, 0) is 26.7 Å². The highest BCUT2D eigenvalue weighted by Gasteiger charge is 2.38. The molecule has 0 aromatic carbocycles. The fraction of sp³-hybridized carbons (Fsp3) is 0.833. The van der Waals surface area contributed by atoms with Gasteiger partial charge in [-0.25, -0.2) is 0 Å². The molecule has 0 aliphatic heterocycles. The first kappa shape index (κ1) is 20.0. The Morgan fingerprint density at radius 1 is 0.957 bits per heavy atom. The Labute approximate surface area is 138 Å². The Hall–Kier alpha value is -1.00. The molecule has 0 aliphatic carbocycles. The minimum Gasteiger partial charge on any atom is -0.263 e. The lowest BCUT2D eigenvalue weighted by Crippen LogP contribution is -2.32. The van der Waals surface area contributed by atoms with Crippen molar-refractivity contribution in [2.24, 2.45) is 0 Å². The van der Waals surface area contributed by atoms with Crippen LogP contribution < -0.4 is 0 Å². The normalized spacial score (nSPS) is 14.9. The number of aromatic nitrogens is 2. The topological polar surface area (TPSA) is 17.8 Å². The maximum absolute atomic E-state index is 13.0. The Kier molecular flexibility index (Phi) is 7.62. The molecule has 1 atom stereocenters. The van der Waals surface area contributed by atoms with Crippen LogP contribution in [-0.4, -0.2) is 9.78 Å². The van der Waals surface area contributed by atoms with Gasteiger partial charge in [-0.2, -0.15) is 18.3 Å². The van der Waals surface area contributed by atoms with Gasteiger partial charge in [0.2, 0.25) is 0 Å². The van der Waals surface area contributed by atoms with Gasteiger partial charge < -0.3 is 0 Å². The van der Waals surface area contributed by atoms with E-state index < -0.39 is 11.7 Å². The molecule has 1 aromatic rings. The zero-order chi connectivity index (χ0) is 17.5. The van der Waals surface area contributed by atoms with Crippen molar-refractivity contribution in [1.29, 1.82) is 0 Å². The Bertz CT molecular complexity index is 465. The SMILES string of the molecule is CCCCCCCC(C)(CCCC)n1ncc(C(F)(F)F)c1C. The van der Waals surface area contributed by atoms with E-state index in [-0.39, 0.29) is 11.2 Å². The maximum Gasteiger partial charge on any atom is 0.419 e. The average Bonchev–Trinajstić information content (AvgIpc) is 2.87. The summed E-state index contributed by atoms with van der Waals surface area (Å²) in [4.78, 5) is 0. The zero-order valence-electron chi connectivity index (χ0n) is 15.0. The van der Waals surface area contributed by atoms with Gasteiger partial charge in [0.1, 0.15) is 0 Å². The van der Waals surface area contributed by atoms with Crippen molar-refractivity contribution in [3.8, 4) is 0 Å². The number of hydrogen-bond acceptors (Lipinski definition) is 1.